The molecule has 37 heavy (non-hydrogen) atoms. The van der Waals surface area contributed by atoms with Crippen molar-refractivity contribution in [3.05, 3.63) is 93.5 Å². The van der Waals surface area contributed by atoms with E-state index in [1.165, 1.54) is 50.2 Å². The van der Waals surface area contributed by atoms with E-state index in [4.69, 9.17) is 11.6 Å². The molecule has 0 spiro atoms. The van der Waals surface area contributed by atoms with Crippen LogP contribution >= 0.6 is 11.6 Å². The van der Waals surface area contributed by atoms with Gasteiger partial charge < -0.3 is 15.7 Å². The molecular weight excluding hydrogens is 526 g/mol. The Morgan fingerprint density at radius 2 is 1.24 bits per heavy atom. The maximum atomic E-state index is 13.3. The van der Waals surface area contributed by atoms with Crippen LogP contribution in [0.15, 0.2) is 60.7 Å². The number of aliphatic hydroxyl groups is 1. The van der Waals surface area contributed by atoms with Gasteiger partial charge in [-0.05, 0) is 61.4 Å². The molecule has 5 nitrogen and oxygen atoms in total. The number of halogens is 7. The molecule has 0 atom stereocenters. The van der Waals surface area contributed by atoms with E-state index in [-0.39, 0.29) is 33.6 Å². The van der Waals surface area contributed by atoms with Crippen LogP contribution in [-0.2, 0) is 5.60 Å². The van der Waals surface area contributed by atoms with Gasteiger partial charge in [-0.25, -0.2) is 0 Å². The van der Waals surface area contributed by atoms with Crippen LogP contribution in [0.4, 0.5) is 37.7 Å². The summed E-state index contributed by atoms with van der Waals surface area (Å²) in [6, 6.07) is 12.9. The lowest BCUT2D eigenvalue weighted by atomic mass is 9.89. The van der Waals surface area contributed by atoms with Crippen molar-refractivity contribution in [2.75, 3.05) is 10.6 Å². The lowest BCUT2D eigenvalue weighted by molar-refractivity contribution is -0.376. The third kappa shape index (κ3) is 5.72. The summed E-state index contributed by atoms with van der Waals surface area (Å²) in [7, 11) is 0. The second kappa shape index (κ2) is 10.1. The molecule has 0 radical (unpaired) electrons. The summed E-state index contributed by atoms with van der Waals surface area (Å²) in [5, 5.41) is 15.1. The van der Waals surface area contributed by atoms with Gasteiger partial charge in [0.2, 0.25) is 0 Å². The minimum absolute atomic E-state index is 0.0335. The monoisotopic (exact) mass is 544 g/mol. The highest BCUT2D eigenvalue weighted by Gasteiger charge is 2.71. The highest BCUT2D eigenvalue weighted by Crippen LogP contribution is 2.50. The number of amides is 2. The van der Waals surface area contributed by atoms with Crippen LogP contribution in [0.3, 0.4) is 0 Å². The van der Waals surface area contributed by atoms with Gasteiger partial charge in [0.15, 0.2) is 0 Å². The number of benzene rings is 3. The van der Waals surface area contributed by atoms with Gasteiger partial charge in [0.1, 0.15) is 0 Å². The molecule has 0 heterocycles. The number of rotatable bonds is 5. The largest absolute Gasteiger partial charge is 0.430 e. The van der Waals surface area contributed by atoms with Crippen LogP contribution < -0.4 is 10.6 Å². The minimum Gasteiger partial charge on any atom is -0.369 e. The molecule has 0 unspecified atom stereocenters. The third-order valence-corrected chi connectivity index (χ3v) is 5.71. The maximum absolute atomic E-state index is 13.3. The number of nitrogens with one attached hydrogen (secondary N) is 2. The number of aryl methyl sites for hydroxylation is 2. The first-order chi connectivity index (χ1) is 17.0. The number of hydrogen-bond donors (Lipinski definition) is 3. The Morgan fingerprint density at radius 1 is 0.757 bits per heavy atom. The predicted molar refractivity (Wildman–Crippen MR) is 126 cm³/mol. The fourth-order valence-electron chi connectivity index (χ4n) is 3.61. The van der Waals surface area contributed by atoms with Crippen LogP contribution in [0.25, 0.3) is 0 Å². The van der Waals surface area contributed by atoms with Gasteiger partial charge in [0.25, 0.3) is 17.4 Å². The van der Waals surface area contributed by atoms with E-state index in [9.17, 15) is 41.0 Å². The fourth-order valence-corrected chi connectivity index (χ4v) is 3.80. The molecule has 12 heteroatoms. The molecule has 3 N–H and O–H groups in total. The molecule has 2 amide bonds. The smallest absolute Gasteiger partial charge is 0.369 e. The van der Waals surface area contributed by atoms with E-state index in [1.807, 2.05) is 0 Å². The van der Waals surface area contributed by atoms with E-state index in [2.05, 4.69) is 10.6 Å². The van der Waals surface area contributed by atoms with Crippen LogP contribution in [0.1, 0.15) is 37.4 Å². The van der Waals surface area contributed by atoms with Crippen molar-refractivity contribution in [2.45, 2.75) is 31.8 Å². The van der Waals surface area contributed by atoms with Crippen LogP contribution in [-0.4, -0.2) is 29.3 Å². The van der Waals surface area contributed by atoms with Crippen molar-refractivity contribution in [3.8, 4) is 0 Å². The van der Waals surface area contributed by atoms with E-state index >= 15 is 0 Å². The van der Waals surface area contributed by atoms with E-state index in [0.717, 1.165) is 0 Å². The predicted octanol–water partition coefficient (Wildman–Crippen LogP) is 6.77. The van der Waals surface area contributed by atoms with E-state index in [1.54, 1.807) is 12.1 Å². The Hall–Kier alpha value is -3.57. The van der Waals surface area contributed by atoms with Gasteiger partial charge in [-0.1, -0.05) is 35.9 Å². The Labute approximate surface area is 212 Å². The van der Waals surface area contributed by atoms with Crippen molar-refractivity contribution in [1.29, 1.82) is 0 Å². The molecule has 3 aromatic carbocycles. The molecule has 0 bridgehead atoms. The summed E-state index contributed by atoms with van der Waals surface area (Å²) in [5.41, 5.74) is -6.25. The molecule has 196 valence electrons. The second-order valence-electron chi connectivity index (χ2n) is 8.19. The highest BCUT2D eigenvalue weighted by molar-refractivity contribution is 6.31. The summed E-state index contributed by atoms with van der Waals surface area (Å²) in [5.74, 6) is -1.23. The molecule has 3 aromatic rings. The van der Waals surface area contributed by atoms with Crippen molar-refractivity contribution in [1.82, 2.24) is 0 Å². The average molecular weight is 545 g/mol. The van der Waals surface area contributed by atoms with Crippen molar-refractivity contribution in [3.63, 3.8) is 0 Å². The maximum Gasteiger partial charge on any atom is 0.430 e. The van der Waals surface area contributed by atoms with Gasteiger partial charge in [-0.3, -0.25) is 9.59 Å². The van der Waals surface area contributed by atoms with Crippen LogP contribution in [0.2, 0.25) is 5.02 Å². The first kappa shape index (κ1) is 28.0. The number of anilines is 2. The van der Waals surface area contributed by atoms with Crippen molar-refractivity contribution in [2.24, 2.45) is 0 Å². The Kier molecular flexibility index (Phi) is 7.62. The van der Waals surface area contributed by atoms with E-state index < -0.39 is 35.3 Å². The summed E-state index contributed by atoms with van der Waals surface area (Å²) in [6.07, 6.45) is -12.1. The summed E-state index contributed by atoms with van der Waals surface area (Å²) in [6.45, 7) is 2.39. The SMILES string of the molecule is Cc1cc(C(O)(C(F)(F)F)C(F)(F)F)cc(C)c1NC(=O)c1cccc(NC(=O)c2cccc(Cl)c2)c1. The molecule has 0 aliphatic rings. The fraction of sp³-hybridized carbons (Fsp3) is 0.200. The molecule has 0 saturated carbocycles. The molecule has 0 fully saturated rings. The van der Waals surface area contributed by atoms with Gasteiger partial charge in [-0.15, -0.1) is 0 Å². The Morgan fingerprint density at radius 3 is 1.76 bits per heavy atom. The zero-order valence-electron chi connectivity index (χ0n) is 19.2. The minimum atomic E-state index is -6.04. The third-order valence-electron chi connectivity index (χ3n) is 5.48. The molecule has 0 aliphatic carbocycles. The molecule has 0 aromatic heterocycles. The first-order valence-electron chi connectivity index (χ1n) is 10.5. The normalized spacial score (nSPS) is 12.3. The number of hydrogen-bond acceptors (Lipinski definition) is 3. The lowest BCUT2D eigenvalue weighted by Gasteiger charge is -2.33. The number of carbonyl (C=O) groups is 2. The Bertz CT molecular complexity index is 1320. The standard InChI is InChI=1S/C25H19ClF6N2O3/c1-13-9-17(23(37,24(27,28)29)25(30,31)32)10-14(2)20(13)34-22(36)16-6-4-8-19(12-16)33-21(35)15-5-3-7-18(26)11-15/h3-12,37H,1-2H3,(H,33,35)(H,34,36). The topological polar surface area (TPSA) is 78.4 Å². The number of alkyl halides is 6. The summed E-state index contributed by atoms with van der Waals surface area (Å²) >= 11 is 5.88. The zero-order chi connectivity index (χ0) is 27.8. The summed E-state index contributed by atoms with van der Waals surface area (Å²) < 4.78 is 79.6. The van der Waals surface area contributed by atoms with Gasteiger partial charge in [0.05, 0.1) is 0 Å². The molecule has 0 saturated heterocycles. The molecule has 3 rings (SSSR count). The van der Waals surface area contributed by atoms with Crippen LogP contribution in [0.5, 0.6) is 0 Å². The number of carbonyl (C=O) groups excluding carboxylic acids is 2. The molecular formula is C25H19ClF6N2O3. The van der Waals surface area contributed by atoms with Gasteiger partial charge >= 0.3 is 12.4 Å². The lowest BCUT2D eigenvalue weighted by Crippen LogP contribution is -2.54. The first-order valence-corrected chi connectivity index (χ1v) is 10.9. The molecule has 0 aliphatic heterocycles. The zero-order valence-corrected chi connectivity index (χ0v) is 19.9. The van der Waals surface area contributed by atoms with E-state index in [0.29, 0.717) is 17.2 Å². The quantitative estimate of drug-likeness (QED) is 0.310. The average Bonchev–Trinajstić information content (AvgIpc) is 2.79. The second-order valence-corrected chi connectivity index (χ2v) is 8.63. The highest BCUT2D eigenvalue weighted by atomic mass is 35.5. The summed E-state index contributed by atoms with van der Waals surface area (Å²) in [4.78, 5) is 25.3. The van der Waals surface area contributed by atoms with Crippen molar-refractivity contribution >= 4 is 34.8 Å². The van der Waals surface area contributed by atoms with Gasteiger partial charge in [0, 0.05) is 33.1 Å². The Balaban J connectivity index is 1.86. The van der Waals surface area contributed by atoms with Gasteiger partial charge in [-0.2, -0.15) is 26.3 Å². The van der Waals surface area contributed by atoms with Crippen LogP contribution in [0, 0.1) is 13.8 Å². The van der Waals surface area contributed by atoms with Crippen molar-refractivity contribution < 1.29 is 41.0 Å².